The third-order valence-corrected chi connectivity index (χ3v) is 5.30. The van der Waals surface area contributed by atoms with E-state index in [-0.39, 0.29) is 11.8 Å². The van der Waals surface area contributed by atoms with E-state index in [1.807, 2.05) is 0 Å². The van der Waals surface area contributed by atoms with Crippen molar-refractivity contribution in [3.63, 3.8) is 0 Å². The Morgan fingerprint density at radius 1 is 0.967 bits per heavy atom. The Morgan fingerprint density at radius 2 is 1.67 bits per heavy atom. The predicted molar refractivity (Wildman–Crippen MR) is 118 cm³/mol. The molecule has 0 unspecified atom stereocenters. The number of amides is 2. The fraction of sp³-hybridized carbons (Fsp3) is 0.391. The van der Waals surface area contributed by atoms with E-state index in [4.69, 9.17) is 4.74 Å². The number of carbonyl (C=O) groups excluding carboxylic acids is 2. The number of piperazine rings is 1. The molecule has 0 bridgehead atoms. The molecule has 1 aliphatic rings. The van der Waals surface area contributed by atoms with Crippen molar-refractivity contribution in [1.29, 1.82) is 0 Å². The van der Waals surface area contributed by atoms with E-state index in [1.165, 1.54) is 0 Å². The van der Waals surface area contributed by atoms with Crippen LogP contribution in [0.3, 0.4) is 0 Å². The smallest absolute Gasteiger partial charge is 0.255 e. The van der Waals surface area contributed by atoms with Crippen molar-refractivity contribution >= 4 is 17.5 Å². The molecule has 2 aromatic rings. The highest BCUT2D eigenvalue weighted by Gasteiger charge is 2.15. The minimum absolute atomic E-state index is 0.181. The normalized spacial score (nSPS) is 14.9. The first-order valence-corrected chi connectivity index (χ1v) is 10.3. The number of hydrogen-bond donors (Lipinski definition) is 2. The van der Waals surface area contributed by atoms with Crippen molar-refractivity contribution in [3.05, 3.63) is 59.7 Å². The molecule has 2 amide bonds. The predicted octanol–water partition coefficient (Wildman–Crippen LogP) is 2.31. The van der Waals surface area contributed by atoms with E-state index in [0.29, 0.717) is 29.1 Å². The Labute approximate surface area is 178 Å². The maximum atomic E-state index is 12.7. The van der Waals surface area contributed by atoms with Crippen LogP contribution >= 0.6 is 0 Å². The molecule has 1 aliphatic heterocycles. The lowest BCUT2D eigenvalue weighted by Gasteiger charge is -2.32. The topological polar surface area (TPSA) is 73.9 Å². The van der Waals surface area contributed by atoms with Crippen LogP contribution in [0.5, 0.6) is 5.75 Å². The van der Waals surface area contributed by atoms with Crippen LogP contribution in [0.25, 0.3) is 0 Å². The van der Waals surface area contributed by atoms with E-state index < -0.39 is 0 Å². The highest BCUT2D eigenvalue weighted by Crippen LogP contribution is 2.17. The summed E-state index contributed by atoms with van der Waals surface area (Å²) < 4.78 is 5.12. The molecule has 0 aliphatic carbocycles. The van der Waals surface area contributed by atoms with Crippen LogP contribution in [0.15, 0.2) is 48.5 Å². The molecule has 1 saturated heterocycles. The summed E-state index contributed by atoms with van der Waals surface area (Å²) in [5, 5.41) is 5.81. The van der Waals surface area contributed by atoms with Gasteiger partial charge in [0, 0.05) is 38.3 Å². The van der Waals surface area contributed by atoms with Gasteiger partial charge in [-0.05, 0) is 56.4 Å². The number of methoxy groups -OCH3 is 1. The summed E-state index contributed by atoms with van der Waals surface area (Å²) >= 11 is 0. The Morgan fingerprint density at radius 3 is 2.37 bits per heavy atom. The zero-order chi connectivity index (χ0) is 21.3. The Balaban J connectivity index is 1.52. The molecule has 0 radical (unpaired) electrons. The fourth-order valence-corrected chi connectivity index (χ4v) is 3.40. The highest BCUT2D eigenvalue weighted by atomic mass is 16.5. The summed E-state index contributed by atoms with van der Waals surface area (Å²) in [6.45, 7) is 5.91. The first kappa shape index (κ1) is 21.8. The third-order valence-electron chi connectivity index (χ3n) is 5.30. The second-order valence-corrected chi connectivity index (χ2v) is 7.48. The Hall–Kier alpha value is -2.90. The molecule has 7 nitrogen and oxygen atoms in total. The Bertz CT molecular complexity index is 846. The van der Waals surface area contributed by atoms with E-state index in [1.54, 1.807) is 55.6 Å². The van der Waals surface area contributed by atoms with Crippen LogP contribution in [0, 0.1) is 0 Å². The summed E-state index contributed by atoms with van der Waals surface area (Å²) in [6, 6.07) is 13.9. The molecule has 3 rings (SSSR count). The van der Waals surface area contributed by atoms with Gasteiger partial charge in [-0.15, -0.1) is 0 Å². The van der Waals surface area contributed by atoms with Gasteiger partial charge in [-0.3, -0.25) is 9.59 Å². The summed E-state index contributed by atoms with van der Waals surface area (Å²) in [7, 11) is 3.72. The zero-order valence-corrected chi connectivity index (χ0v) is 17.7. The maximum absolute atomic E-state index is 12.7. The summed E-state index contributed by atoms with van der Waals surface area (Å²) in [4.78, 5) is 30.0. The molecule has 0 aromatic heterocycles. The van der Waals surface area contributed by atoms with Gasteiger partial charge in [0.2, 0.25) is 0 Å². The first-order chi connectivity index (χ1) is 14.6. The number of anilines is 1. The van der Waals surface area contributed by atoms with Gasteiger partial charge < -0.3 is 25.2 Å². The lowest BCUT2D eigenvalue weighted by molar-refractivity contribution is 0.0950. The number of nitrogens with zero attached hydrogens (tertiary/aromatic N) is 2. The van der Waals surface area contributed by atoms with Crippen LogP contribution in [-0.4, -0.2) is 75.0 Å². The van der Waals surface area contributed by atoms with Gasteiger partial charge in [0.1, 0.15) is 5.75 Å². The largest absolute Gasteiger partial charge is 0.497 e. The summed E-state index contributed by atoms with van der Waals surface area (Å²) in [6.07, 6.45) is 0.899. The number of rotatable bonds is 8. The van der Waals surface area contributed by atoms with Crippen LogP contribution < -0.4 is 15.4 Å². The SMILES string of the molecule is COc1ccc(C(=O)Nc2ccccc2C(=O)NCCCN2CCN(C)CC2)cc1. The molecule has 1 heterocycles. The molecule has 0 spiro atoms. The minimum atomic E-state index is -0.270. The molecule has 0 atom stereocenters. The summed E-state index contributed by atoms with van der Waals surface area (Å²) in [5.74, 6) is 0.231. The van der Waals surface area contributed by atoms with Gasteiger partial charge in [0.25, 0.3) is 11.8 Å². The van der Waals surface area contributed by atoms with Crippen molar-refractivity contribution in [2.45, 2.75) is 6.42 Å². The monoisotopic (exact) mass is 410 g/mol. The minimum Gasteiger partial charge on any atom is -0.497 e. The molecule has 1 fully saturated rings. The van der Waals surface area contributed by atoms with E-state index >= 15 is 0 Å². The van der Waals surface area contributed by atoms with Gasteiger partial charge in [0.15, 0.2) is 0 Å². The van der Waals surface area contributed by atoms with Crippen LogP contribution in [0.2, 0.25) is 0 Å². The van der Waals surface area contributed by atoms with Crippen molar-refractivity contribution in [1.82, 2.24) is 15.1 Å². The molecular weight excluding hydrogens is 380 g/mol. The van der Waals surface area contributed by atoms with Crippen LogP contribution in [0.1, 0.15) is 27.1 Å². The van der Waals surface area contributed by atoms with Crippen molar-refractivity contribution < 1.29 is 14.3 Å². The average Bonchev–Trinajstić information content (AvgIpc) is 2.78. The number of likely N-dealkylation sites (N-methyl/N-ethyl adjacent to an activating group) is 1. The van der Waals surface area contributed by atoms with Crippen molar-refractivity contribution in [2.75, 3.05) is 58.7 Å². The molecule has 30 heavy (non-hydrogen) atoms. The number of carbonyl (C=O) groups is 2. The van der Waals surface area contributed by atoms with Gasteiger partial charge in [-0.2, -0.15) is 0 Å². The maximum Gasteiger partial charge on any atom is 0.255 e. The second-order valence-electron chi connectivity index (χ2n) is 7.48. The van der Waals surface area contributed by atoms with E-state index in [9.17, 15) is 9.59 Å². The number of nitrogens with one attached hydrogen (secondary N) is 2. The quantitative estimate of drug-likeness (QED) is 0.654. The second kappa shape index (κ2) is 10.8. The molecule has 2 N–H and O–H groups in total. The van der Waals surface area contributed by atoms with Gasteiger partial charge >= 0.3 is 0 Å². The fourth-order valence-electron chi connectivity index (χ4n) is 3.40. The number of ether oxygens (including phenoxy) is 1. The number of benzene rings is 2. The molecule has 7 heteroatoms. The highest BCUT2D eigenvalue weighted by molar-refractivity contribution is 6.09. The van der Waals surface area contributed by atoms with Crippen LogP contribution in [0.4, 0.5) is 5.69 Å². The van der Waals surface area contributed by atoms with Gasteiger partial charge in [-0.1, -0.05) is 12.1 Å². The molecule has 160 valence electrons. The average molecular weight is 411 g/mol. The van der Waals surface area contributed by atoms with E-state index in [0.717, 1.165) is 39.1 Å². The summed E-state index contributed by atoms with van der Waals surface area (Å²) in [5.41, 5.74) is 1.45. The third kappa shape index (κ3) is 6.05. The zero-order valence-electron chi connectivity index (χ0n) is 17.7. The van der Waals surface area contributed by atoms with Gasteiger partial charge in [-0.25, -0.2) is 0 Å². The lowest BCUT2D eigenvalue weighted by Crippen LogP contribution is -2.45. The standard InChI is InChI=1S/C23H30N4O3/c1-26-14-16-27(17-15-26)13-5-12-24-23(29)20-6-3-4-7-21(20)25-22(28)18-8-10-19(30-2)11-9-18/h3-4,6-11H,5,12-17H2,1-2H3,(H,24,29)(H,25,28). The molecule has 2 aromatic carbocycles. The number of para-hydroxylation sites is 1. The van der Waals surface area contributed by atoms with Crippen molar-refractivity contribution in [2.24, 2.45) is 0 Å². The Kier molecular flexibility index (Phi) is 7.82. The van der Waals surface area contributed by atoms with Crippen LogP contribution in [-0.2, 0) is 0 Å². The van der Waals surface area contributed by atoms with E-state index in [2.05, 4.69) is 27.5 Å². The lowest BCUT2D eigenvalue weighted by atomic mass is 10.1. The number of hydrogen-bond acceptors (Lipinski definition) is 5. The first-order valence-electron chi connectivity index (χ1n) is 10.3. The van der Waals surface area contributed by atoms with Crippen molar-refractivity contribution in [3.8, 4) is 5.75 Å². The molecular formula is C23H30N4O3. The van der Waals surface area contributed by atoms with Gasteiger partial charge in [0.05, 0.1) is 18.4 Å². The molecule has 0 saturated carbocycles.